The van der Waals surface area contributed by atoms with Gasteiger partial charge in [0, 0.05) is 36.4 Å². The van der Waals surface area contributed by atoms with Crippen LogP contribution in [-0.2, 0) is 9.53 Å². The highest BCUT2D eigenvalue weighted by Gasteiger charge is 2.28. The van der Waals surface area contributed by atoms with Crippen molar-refractivity contribution >= 4 is 22.6 Å². The lowest BCUT2D eigenvalue weighted by Crippen LogP contribution is -2.44. The second kappa shape index (κ2) is 11.7. The van der Waals surface area contributed by atoms with Crippen molar-refractivity contribution in [2.75, 3.05) is 26.3 Å². The van der Waals surface area contributed by atoms with Gasteiger partial charge in [0.1, 0.15) is 23.9 Å². The summed E-state index contributed by atoms with van der Waals surface area (Å²) in [5, 5.41) is 20.9. The van der Waals surface area contributed by atoms with Crippen LogP contribution in [0.3, 0.4) is 0 Å². The predicted molar refractivity (Wildman–Crippen MR) is 138 cm³/mol. The molecule has 1 aromatic carbocycles. The van der Waals surface area contributed by atoms with Crippen LogP contribution in [-0.4, -0.2) is 70.9 Å². The molecule has 2 aromatic rings. The minimum atomic E-state index is -1.17. The van der Waals surface area contributed by atoms with Crippen LogP contribution in [0.25, 0.3) is 10.8 Å². The van der Waals surface area contributed by atoms with Gasteiger partial charge >= 0.3 is 0 Å². The number of ether oxygens (including phenoxy) is 3. The van der Waals surface area contributed by atoms with Crippen LogP contribution < -0.4 is 15.2 Å². The van der Waals surface area contributed by atoms with Crippen molar-refractivity contribution in [3.63, 3.8) is 0 Å². The highest BCUT2D eigenvalue weighted by atomic mass is 16.5. The summed E-state index contributed by atoms with van der Waals surface area (Å²) in [5.41, 5.74) is 5.21. The largest absolute Gasteiger partial charge is 0.490 e. The van der Waals surface area contributed by atoms with Crippen molar-refractivity contribution in [1.82, 2.24) is 9.88 Å². The summed E-state index contributed by atoms with van der Waals surface area (Å²) in [4.78, 5) is 30.7. The number of hydrogen-bond donors (Lipinski definition) is 2. The fraction of sp³-hybridized carbons (Fsp3) is 0.500. The van der Waals surface area contributed by atoms with Crippen LogP contribution in [0, 0.1) is 23.2 Å². The zero-order valence-electron chi connectivity index (χ0n) is 21.7. The van der Waals surface area contributed by atoms with Crippen molar-refractivity contribution < 1.29 is 28.9 Å². The lowest BCUT2D eigenvalue weighted by Gasteiger charge is -2.32. The lowest BCUT2D eigenvalue weighted by atomic mass is 9.94. The molecular formula is C28H32N4O6. The molecule has 3 heterocycles. The minimum Gasteiger partial charge on any atom is -0.490 e. The molecule has 3 N–H and O–H groups in total. The van der Waals surface area contributed by atoms with Crippen molar-refractivity contribution in [3.8, 4) is 29.5 Å². The monoisotopic (exact) mass is 520 g/mol. The molecule has 0 radical (unpaired) electrons. The maximum absolute atomic E-state index is 12.3. The van der Waals surface area contributed by atoms with E-state index in [0.29, 0.717) is 73.5 Å². The number of nitriles is 1. The highest BCUT2D eigenvalue weighted by Crippen LogP contribution is 2.34. The number of nitrogens with two attached hydrogens (primary N) is 1. The molecule has 0 spiro atoms. The first-order valence-electron chi connectivity index (χ1n) is 12.8. The predicted octanol–water partition coefficient (Wildman–Crippen LogP) is 2.30. The molecule has 200 valence electrons. The number of rotatable bonds is 6. The third-order valence-corrected chi connectivity index (χ3v) is 6.57. The molecule has 0 saturated carbocycles. The number of carbonyl (C=O) groups excluding carboxylic acids is 2. The summed E-state index contributed by atoms with van der Waals surface area (Å²) in [5.74, 6) is 5.73. The Morgan fingerprint density at radius 2 is 2.08 bits per heavy atom. The van der Waals surface area contributed by atoms with E-state index in [2.05, 4.69) is 16.8 Å². The molecule has 2 fully saturated rings. The number of pyridine rings is 1. The first-order valence-corrected chi connectivity index (χ1v) is 12.8. The average molecular weight is 521 g/mol. The van der Waals surface area contributed by atoms with Crippen LogP contribution in [0.2, 0.25) is 0 Å². The summed E-state index contributed by atoms with van der Waals surface area (Å²) in [6, 6.07) is 5.19. The molecule has 0 unspecified atom stereocenters. The number of primary amides is 1. The molecule has 2 saturated heterocycles. The Kier molecular flexibility index (Phi) is 8.35. The van der Waals surface area contributed by atoms with Gasteiger partial charge in [0.25, 0.3) is 5.91 Å². The number of aromatic nitrogens is 1. The first-order chi connectivity index (χ1) is 18.2. The number of amides is 2. The van der Waals surface area contributed by atoms with Crippen LogP contribution in [0.15, 0.2) is 18.3 Å². The molecule has 4 rings (SSSR count). The van der Waals surface area contributed by atoms with Crippen LogP contribution in [0.1, 0.15) is 61.9 Å². The molecule has 10 nitrogen and oxygen atoms in total. The topological polar surface area (TPSA) is 148 Å². The van der Waals surface area contributed by atoms with E-state index in [9.17, 15) is 14.7 Å². The van der Waals surface area contributed by atoms with E-state index in [1.807, 2.05) is 19.9 Å². The van der Waals surface area contributed by atoms with Gasteiger partial charge in [-0.2, -0.15) is 5.26 Å². The smallest absolute Gasteiger partial charge is 0.252 e. The number of nitrogens with zero attached hydrogens (tertiary/aromatic N) is 3. The third kappa shape index (κ3) is 6.34. The number of benzene rings is 1. The van der Waals surface area contributed by atoms with Crippen LogP contribution in [0.4, 0.5) is 0 Å². The standard InChI is InChI=1S/C28H32N4O6/c1-18(2)37-24-15-22-21(14-23(24)26(30)34)19(5-7-28(35)8-12-36-13-9-28)16-31-27(22)38-20-4-3-11-32(17-20)25(33)6-10-29/h14-16,18,20,35H,3-4,6,8-9,11-13,17H2,1-2H3,(H2,30,34)/t20-/m1/s1. The fourth-order valence-corrected chi connectivity index (χ4v) is 4.60. The zero-order chi connectivity index (χ0) is 27.3. The molecule has 38 heavy (non-hydrogen) atoms. The summed E-state index contributed by atoms with van der Waals surface area (Å²) in [6.07, 6.45) is 3.07. The zero-order valence-corrected chi connectivity index (χ0v) is 21.7. The average Bonchev–Trinajstić information content (AvgIpc) is 2.88. The molecular weight excluding hydrogens is 488 g/mol. The van der Waals surface area contributed by atoms with E-state index in [1.165, 1.54) is 0 Å². The van der Waals surface area contributed by atoms with E-state index < -0.39 is 11.5 Å². The van der Waals surface area contributed by atoms with Gasteiger partial charge in [0.05, 0.1) is 43.1 Å². The van der Waals surface area contributed by atoms with E-state index >= 15 is 0 Å². The number of likely N-dealkylation sites (tertiary alicyclic amines) is 1. The van der Waals surface area contributed by atoms with Gasteiger partial charge in [-0.3, -0.25) is 9.59 Å². The Morgan fingerprint density at radius 1 is 1.32 bits per heavy atom. The van der Waals surface area contributed by atoms with Gasteiger partial charge in [0.15, 0.2) is 0 Å². The van der Waals surface area contributed by atoms with Gasteiger partial charge < -0.3 is 30.0 Å². The van der Waals surface area contributed by atoms with E-state index in [0.717, 1.165) is 6.42 Å². The van der Waals surface area contributed by atoms with Crippen molar-refractivity contribution in [3.05, 3.63) is 29.5 Å². The van der Waals surface area contributed by atoms with Crippen molar-refractivity contribution in [2.24, 2.45) is 5.73 Å². The van der Waals surface area contributed by atoms with Crippen molar-refractivity contribution in [1.29, 1.82) is 5.26 Å². The molecule has 2 aliphatic rings. The Labute approximate surface area is 221 Å². The SMILES string of the molecule is CC(C)Oc1cc2c(O[C@@H]3CCCN(C(=O)CC#N)C3)ncc(C#CC3(O)CCOCC3)c2cc1C(N)=O. The number of aliphatic hydroxyl groups is 1. The van der Waals surface area contributed by atoms with Gasteiger partial charge in [-0.15, -0.1) is 0 Å². The molecule has 0 aliphatic carbocycles. The summed E-state index contributed by atoms with van der Waals surface area (Å²) in [7, 11) is 0. The lowest BCUT2D eigenvalue weighted by molar-refractivity contribution is -0.132. The Bertz CT molecular complexity index is 1320. The second-order valence-electron chi connectivity index (χ2n) is 9.85. The number of piperidine rings is 1. The number of fused-ring (bicyclic) bond motifs is 1. The number of carbonyl (C=O) groups is 2. The quantitative estimate of drug-likeness (QED) is 0.551. The normalized spacial score (nSPS) is 18.8. The number of hydrogen-bond acceptors (Lipinski definition) is 8. The van der Waals surface area contributed by atoms with E-state index in [1.54, 1.807) is 23.2 Å². The molecule has 0 bridgehead atoms. The third-order valence-electron chi connectivity index (χ3n) is 6.57. The Morgan fingerprint density at radius 3 is 2.76 bits per heavy atom. The van der Waals surface area contributed by atoms with Crippen LogP contribution in [0.5, 0.6) is 11.6 Å². The van der Waals surface area contributed by atoms with Gasteiger partial charge in [0.2, 0.25) is 11.8 Å². The van der Waals surface area contributed by atoms with Gasteiger partial charge in [-0.05, 0) is 38.8 Å². The van der Waals surface area contributed by atoms with Gasteiger partial charge in [-0.1, -0.05) is 11.8 Å². The summed E-state index contributed by atoms with van der Waals surface area (Å²) < 4.78 is 17.5. The molecule has 1 aromatic heterocycles. The first kappa shape index (κ1) is 27.2. The van der Waals surface area contributed by atoms with Gasteiger partial charge in [-0.25, -0.2) is 4.98 Å². The minimum absolute atomic E-state index is 0.175. The van der Waals surface area contributed by atoms with E-state index in [4.69, 9.17) is 25.2 Å². The molecule has 1 atom stereocenters. The Balaban J connectivity index is 1.76. The maximum atomic E-state index is 12.3. The van der Waals surface area contributed by atoms with Crippen molar-refractivity contribution in [2.45, 2.75) is 63.8 Å². The summed E-state index contributed by atoms with van der Waals surface area (Å²) >= 11 is 0. The molecule has 10 heteroatoms. The highest BCUT2D eigenvalue weighted by molar-refractivity contribution is 6.03. The van der Waals surface area contributed by atoms with Crippen LogP contribution >= 0.6 is 0 Å². The maximum Gasteiger partial charge on any atom is 0.252 e. The fourth-order valence-electron chi connectivity index (χ4n) is 4.60. The summed E-state index contributed by atoms with van der Waals surface area (Å²) in [6.45, 7) is 5.45. The van der Waals surface area contributed by atoms with E-state index in [-0.39, 0.29) is 30.1 Å². The second-order valence-corrected chi connectivity index (χ2v) is 9.85. The Hall–Kier alpha value is -3.86. The molecule has 2 amide bonds. The molecule has 2 aliphatic heterocycles.